The van der Waals surface area contributed by atoms with Crippen molar-refractivity contribution < 1.29 is 47.6 Å². The lowest BCUT2D eigenvalue weighted by Gasteiger charge is -2.36. The Morgan fingerprint density at radius 2 is 1.32 bits per heavy atom. The third-order valence-electron chi connectivity index (χ3n) is 5.98. The van der Waals surface area contributed by atoms with Crippen molar-refractivity contribution in [3.8, 4) is 0 Å². The largest absolute Gasteiger partial charge is 0.371 e. The van der Waals surface area contributed by atoms with Crippen molar-refractivity contribution in [1.82, 2.24) is 10.4 Å². The molecule has 0 radical (unpaired) electrons. The highest BCUT2D eigenvalue weighted by Gasteiger charge is 2.37. The summed E-state index contributed by atoms with van der Waals surface area (Å²) < 4.78 is 34.3. The van der Waals surface area contributed by atoms with Gasteiger partial charge in [-0.25, -0.2) is 0 Å². The summed E-state index contributed by atoms with van der Waals surface area (Å²) in [6, 6.07) is 5.80. The number of carbonyl (C=O) groups excluding carboxylic acids is 3. The fourth-order valence-corrected chi connectivity index (χ4v) is 3.86. The van der Waals surface area contributed by atoms with Crippen molar-refractivity contribution in [2.75, 3.05) is 46.2 Å². The second kappa shape index (κ2) is 11.5. The van der Waals surface area contributed by atoms with E-state index in [9.17, 15) is 14.4 Å². The summed E-state index contributed by atoms with van der Waals surface area (Å²) in [6.07, 6.45) is -0.631. The molecular formula is C25H34N2O10. The monoisotopic (exact) mass is 522 g/mol. The van der Waals surface area contributed by atoms with Gasteiger partial charge in [-0.05, 0) is 39.8 Å². The smallest absolute Gasteiger partial charge is 0.285 e. The Morgan fingerprint density at radius 1 is 0.892 bits per heavy atom. The van der Waals surface area contributed by atoms with Gasteiger partial charge in [0.15, 0.2) is 18.2 Å². The highest BCUT2D eigenvalue weighted by Crippen LogP contribution is 2.23. The minimum atomic E-state index is -0.674. The van der Waals surface area contributed by atoms with Crippen LogP contribution in [0.4, 0.5) is 0 Å². The minimum absolute atomic E-state index is 0.108. The molecule has 0 aliphatic carbocycles. The zero-order valence-electron chi connectivity index (χ0n) is 21.5. The van der Waals surface area contributed by atoms with Gasteiger partial charge in [0.2, 0.25) is 5.91 Å². The van der Waals surface area contributed by atoms with Crippen LogP contribution in [0.5, 0.6) is 0 Å². The Bertz CT molecular complexity index is 910. The molecule has 0 bridgehead atoms. The standard InChI is InChI=1S/C25H34N2O10/c1-24(2)33-11-17(12-34-24)31-9-16(10-32-18-13-35-25(3,4)36-14-18)26-21(28)15-37-27-22(29)19-7-5-6-8-20(19)23(27)30/h5-8,16-18H,9-15H2,1-4H3,(H,26,28). The first-order valence-corrected chi connectivity index (χ1v) is 12.2. The molecule has 1 N–H and O–H groups in total. The zero-order chi connectivity index (χ0) is 26.6. The number of fused-ring (bicyclic) bond motifs is 1. The molecule has 0 atom stereocenters. The van der Waals surface area contributed by atoms with Gasteiger partial charge in [0, 0.05) is 0 Å². The van der Waals surface area contributed by atoms with Crippen LogP contribution < -0.4 is 5.32 Å². The summed E-state index contributed by atoms with van der Waals surface area (Å²) in [4.78, 5) is 42.8. The maximum atomic E-state index is 12.7. The molecule has 0 aromatic heterocycles. The van der Waals surface area contributed by atoms with E-state index in [1.54, 1.807) is 12.1 Å². The van der Waals surface area contributed by atoms with Gasteiger partial charge in [-0.3, -0.25) is 19.2 Å². The molecule has 204 valence electrons. The number of nitrogens with zero attached hydrogens (tertiary/aromatic N) is 1. The molecule has 3 heterocycles. The summed E-state index contributed by atoms with van der Waals surface area (Å²) in [6.45, 7) is 8.34. The molecule has 37 heavy (non-hydrogen) atoms. The molecular weight excluding hydrogens is 488 g/mol. The summed E-state index contributed by atoms with van der Waals surface area (Å²) in [5, 5.41) is 3.38. The molecule has 2 fully saturated rings. The Hall–Kier alpha value is -2.45. The minimum Gasteiger partial charge on any atom is -0.371 e. The van der Waals surface area contributed by atoms with Crippen molar-refractivity contribution in [1.29, 1.82) is 0 Å². The number of nitrogens with one attached hydrogen (secondary N) is 1. The van der Waals surface area contributed by atoms with E-state index in [0.717, 1.165) is 0 Å². The molecule has 3 aliphatic heterocycles. The fourth-order valence-electron chi connectivity index (χ4n) is 3.86. The van der Waals surface area contributed by atoms with Crippen LogP contribution in [-0.2, 0) is 38.1 Å². The Kier molecular flexibility index (Phi) is 8.59. The maximum absolute atomic E-state index is 12.7. The van der Waals surface area contributed by atoms with Crippen LogP contribution in [-0.4, -0.2) is 98.9 Å². The normalized spacial score (nSPS) is 21.9. The van der Waals surface area contributed by atoms with Crippen LogP contribution in [0.15, 0.2) is 24.3 Å². The van der Waals surface area contributed by atoms with Crippen LogP contribution in [0.25, 0.3) is 0 Å². The number of hydroxylamine groups is 2. The van der Waals surface area contributed by atoms with E-state index in [0.29, 0.717) is 31.5 Å². The van der Waals surface area contributed by atoms with Gasteiger partial charge < -0.3 is 33.7 Å². The second-order valence-corrected chi connectivity index (χ2v) is 9.94. The van der Waals surface area contributed by atoms with E-state index >= 15 is 0 Å². The zero-order valence-corrected chi connectivity index (χ0v) is 21.5. The van der Waals surface area contributed by atoms with Crippen molar-refractivity contribution in [2.24, 2.45) is 0 Å². The van der Waals surface area contributed by atoms with Crippen molar-refractivity contribution in [3.63, 3.8) is 0 Å². The fraction of sp³-hybridized carbons (Fsp3) is 0.640. The van der Waals surface area contributed by atoms with E-state index in [2.05, 4.69) is 5.32 Å². The molecule has 12 heteroatoms. The van der Waals surface area contributed by atoms with E-state index < -0.39 is 41.9 Å². The Morgan fingerprint density at radius 3 is 1.76 bits per heavy atom. The first-order valence-electron chi connectivity index (χ1n) is 12.2. The summed E-state index contributed by atoms with van der Waals surface area (Å²) >= 11 is 0. The second-order valence-electron chi connectivity index (χ2n) is 9.94. The van der Waals surface area contributed by atoms with E-state index in [4.69, 9.17) is 33.3 Å². The SMILES string of the molecule is CC1(C)OCC(OCC(COC2COC(C)(C)OC2)NC(=O)CON2C(=O)c3ccccc3C2=O)CO1. The lowest BCUT2D eigenvalue weighted by atomic mass is 10.1. The topological polar surface area (TPSA) is 131 Å². The highest BCUT2D eigenvalue weighted by atomic mass is 16.7. The predicted molar refractivity (Wildman–Crippen MR) is 126 cm³/mol. The Balaban J connectivity index is 1.29. The number of amides is 3. The molecule has 1 aromatic rings. The van der Waals surface area contributed by atoms with Gasteiger partial charge in [0.25, 0.3) is 11.8 Å². The van der Waals surface area contributed by atoms with Gasteiger partial charge >= 0.3 is 0 Å². The van der Waals surface area contributed by atoms with Crippen LogP contribution in [0.2, 0.25) is 0 Å². The van der Waals surface area contributed by atoms with Crippen molar-refractivity contribution in [2.45, 2.75) is 57.5 Å². The summed E-state index contributed by atoms with van der Waals surface area (Å²) in [7, 11) is 0. The first-order chi connectivity index (χ1) is 17.5. The number of rotatable bonds is 10. The van der Waals surface area contributed by atoms with Crippen molar-refractivity contribution in [3.05, 3.63) is 35.4 Å². The number of carbonyl (C=O) groups is 3. The number of hydrogen-bond donors (Lipinski definition) is 1. The van der Waals surface area contributed by atoms with Gasteiger partial charge in [-0.1, -0.05) is 12.1 Å². The van der Waals surface area contributed by atoms with Gasteiger partial charge in [-0.2, -0.15) is 0 Å². The Labute approximate surface area is 215 Å². The molecule has 12 nitrogen and oxygen atoms in total. The number of hydrogen-bond acceptors (Lipinski definition) is 10. The van der Waals surface area contributed by atoms with E-state index in [1.165, 1.54) is 12.1 Å². The molecule has 4 rings (SSSR count). The van der Waals surface area contributed by atoms with E-state index in [1.807, 2.05) is 27.7 Å². The summed E-state index contributed by atoms with van der Waals surface area (Å²) in [5.41, 5.74) is 0.459. The molecule has 3 amide bonds. The quantitative estimate of drug-likeness (QED) is 0.445. The van der Waals surface area contributed by atoms with Gasteiger partial charge in [0.1, 0.15) is 12.2 Å². The number of ether oxygens (including phenoxy) is 6. The van der Waals surface area contributed by atoms with Crippen LogP contribution in [0.1, 0.15) is 48.4 Å². The highest BCUT2D eigenvalue weighted by molar-refractivity contribution is 6.20. The number of imide groups is 1. The van der Waals surface area contributed by atoms with E-state index in [-0.39, 0.29) is 36.5 Å². The van der Waals surface area contributed by atoms with Crippen LogP contribution >= 0.6 is 0 Å². The molecule has 0 spiro atoms. The number of benzene rings is 1. The van der Waals surface area contributed by atoms with Crippen LogP contribution in [0, 0.1) is 0 Å². The maximum Gasteiger partial charge on any atom is 0.285 e. The van der Waals surface area contributed by atoms with Gasteiger partial charge in [0.05, 0.1) is 56.8 Å². The molecule has 2 saturated heterocycles. The molecule has 1 aromatic carbocycles. The van der Waals surface area contributed by atoms with Crippen LogP contribution in [0.3, 0.4) is 0 Å². The lowest BCUT2D eigenvalue weighted by molar-refractivity contribution is -0.283. The van der Waals surface area contributed by atoms with Gasteiger partial charge in [-0.15, -0.1) is 5.06 Å². The first kappa shape index (κ1) is 27.6. The molecule has 3 aliphatic rings. The molecule has 0 saturated carbocycles. The third kappa shape index (κ3) is 7.32. The average molecular weight is 523 g/mol. The molecule has 0 unspecified atom stereocenters. The van der Waals surface area contributed by atoms with Crippen molar-refractivity contribution >= 4 is 17.7 Å². The third-order valence-corrected chi connectivity index (χ3v) is 5.98. The lowest BCUT2D eigenvalue weighted by Crippen LogP contribution is -2.49. The predicted octanol–water partition coefficient (Wildman–Crippen LogP) is 1.04. The average Bonchev–Trinajstić information content (AvgIpc) is 3.10. The summed E-state index contributed by atoms with van der Waals surface area (Å²) in [5.74, 6) is -3.13.